The summed E-state index contributed by atoms with van der Waals surface area (Å²) < 4.78 is 18.9. The number of carbonyl (C=O) groups excluding carboxylic acids is 1. The fraction of sp³-hybridized carbons (Fsp3) is 0.452. The van der Waals surface area contributed by atoms with Crippen LogP contribution in [0.25, 0.3) is 0 Å². The number of nitrogens with zero attached hydrogens (tertiary/aromatic N) is 4. The summed E-state index contributed by atoms with van der Waals surface area (Å²) in [6.45, 7) is 14.4. The number of carbonyl (C=O) groups is 1. The molecule has 0 atom stereocenters. The van der Waals surface area contributed by atoms with E-state index in [1.165, 1.54) is 22.4 Å². The van der Waals surface area contributed by atoms with Gasteiger partial charge in [-0.05, 0) is 44.0 Å². The Kier molecular flexibility index (Phi) is 7.23. The van der Waals surface area contributed by atoms with Gasteiger partial charge in [-0.1, -0.05) is 35.9 Å². The number of benzene rings is 2. The molecule has 3 aliphatic heterocycles. The molecular formula is C31H38N4O4. The van der Waals surface area contributed by atoms with Gasteiger partial charge >= 0.3 is 0 Å². The molecule has 4 heterocycles. The number of hydrogen-bond acceptors (Lipinski definition) is 6. The molecule has 0 saturated carbocycles. The molecule has 3 aliphatic rings. The monoisotopic (exact) mass is 530 g/mol. The van der Waals surface area contributed by atoms with Crippen molar-refractivity contribution in [2.24, 2.45) is 0 Å². The van der Waals surface area contributed by atoms with Crippen LogP contribution in [0.5, 0.6) is 11.5 Å². The molecule has 2 saturated heterocycles. The lowest BCUT2D eigenvalue weighted by molar-refractivity contribution is 0.0617. The topological polar surface area (TPSA) is 59.4 Å². The van der Waals surface area contributed by atoms with Crippen molar-refractivity contribution in [1.82, 2.24) is 14.4 Å². The molecule has 2 fully saturated rings. The molecule has 1 amide bonds. The number of aryl methyl sites for hydroxylation is 1. The van der Waals surface area contributed by atoms with Crippen LogP contribution in [-0.2, 0) is 17.8 Å². The minimum absolute atomic E-state index is 0.130. The Balaban J connectivity index is 1.21. The molecule has 6 rings (SSSR count). The van der Waals surface area contributed by atoms with Gasteiger partial charge in [-0.2, -0.15) is 0 Å². The molecule has 0 N–H and O–H groups in total. The fourth-order valence-corrected chi connectivity index (χ4v) is 6.04. The Morgan fingerprint density at radius 2 is 1.49 bits per heavy atom. The smallest absolute Gasteiger partial charge is 0.270 e. The number of fused-ring (bicyclic) bond motifs is 1. The Morgan fingerprint density at radius 1 is 0.795 bits per heavy atom. The van der Waals surface area contributed by atoms with Crippen LogP contribution in [0.15, 0.2) is 42.5 Å². The molecule has 0 unspecified atom stereocenters. The summed E-state index contributed by atoms with van der Waals surface area (Å²) in [5, 5.41) is 0. The molecule has 206 valence electrons. The third kappa shape index (κ3) is 5.23. The Labute approximate surface area is 230 Å². The molecule has 0 radical (unpaired) electrons. The van der Waals surface area contributed by atoms with E-state index in [-0.39, 0.29) is 12.7 Å². The van der Waals surface area contributed by atoms with E-state index in [2.05, 4.69) is 71.5 Å². The van der Waals surface area contributed by atoms with Gasteiger partial charge in [0, 0.05) is 63.6 Å². The average molecular weight is 531 g/mol. The standard InChI is InChI=1S/C31H38N4O4/c1-22-4-6-25(7-5-22)20-35-24(3)29(33-14-16-37-17-15-33)23(2)30(35)31(36)34-12-10-32(11-13-34)19-26-8-9-27-28(18-26)39-21-38-27/h4-9,18H,10-17,19-21H2,1-3H3. The van der Waals surface area contributed by atoms with Gasteiger partial charge in [-0.3, -0.25) is 9.69 Å². The molecule has 1 aromatic heterocycles. The lowest BCUT2D eigenvalue weighted by Gasteiger charge is -2.35. The number of ether oxygens (including phenoxy) is 3. The molecule has 0 bridgehead atoms. The predicted octanol–water partition coefficient (Wildman–Crippen LogP) is 3.98. The van der Waals surface area contributed by atoms with Crippen molar-refractivity contribution in [2.75, 3.05) is 64.2 Å². The zero-order valence-electron chi connectivity index (χ0n) is 23.2. The van der Waals surface area contributed by atoms with Crippen molar-refractivity contribution in [1.29, 1.82) is 0 Å². The largest absolute Gasteiger partial charge is 0.454 e. The SMILES string of the molecule is Cc1ccc(Cn2c(C)c(N3CCOCC3)c(C)c2C(=O)N2CCN(Cc3ccc4c(c3)OCO4)CC2)cc1. The number of piperazine rings is 1. The van der Waals surface area contributed by atoms with E-state index in [9.17, 15) is 4.79 Å². The van der Waals surface area contributed by atoms with E-state index >= 15 is 0 Å². The fourth-order valence-electron chi connectivity index (χ4n) is 6.04. The molecule has 39 heavy (non-hydrogen) atoms. The molecule has 8 heteroatoms. The van der Waals surface area contributed by atoms with E-state index in [0.29, 0.717) is 19.6 Å². The third-order valence-electron chi connectivity index (χ3n) is 8.22. The van der Waals surface area contributed by atoms with Crippen LogP contribution in [0.2, 0.25) is 0 Å². The summed E-state index contributed by atoms with van der Waals surface area (Å²) in [5.74, 6) is 1.76. The molecular weight excluding hydrogens is 492 g/mol. The first-order chi connectivity index (χ1) is 19.0. The van der Waals surface area contributed by atoms with Crippen molar-refractivity contribution in [3.8, 4) is 11.5 Å². The van der Waals surface area contributed by atoms with Crippen LogP contribution in [0.1, 0.15) is 38.4 Å². The predicted molar refractivity (Wildman–Crippen MR) is 151 cm³/mol. The molecule has 0 aliphatic carbocycles. The van der Waals surface area contributed by atoms with E-state index in [4.69, 9.17) is 14.2 Å². The number of rotatable bonds is 6. The summed E-state index contributed by atoms with van der Waals surface area (Å²) >= 11 is 0. The summed E-state index contributed by atoms with van der Waals surface area (Å²) in [4.78, 5) is 21.0. The minimum atomic E-state index is 0.130. The first kappa shape index (κ1) is 25.8. The normalized spacial score (nSPS) is 17.6. The molecule has 0 spiro atoms. The van der Waals surface area contributed by atoms with E-state index in [0.717, 1.165) is 74.4 Å². The second kappa shape index (κ2) is 10.9. The maximum Gasteiger partial charge on any atom is 0.270 e. The second-order valence-corrected chi connectivity index (χ2v) is 10.8. The summed E-state index contributed by atoms with van der Waals surface area (Å²) in [6, 6.07) is 14.8. The number of anilines is 1. The maximum atomic E-state index is 14.1. The minimum Gasteiger partial charge on any atom is -0.454 e. The first-order valence-electron chi connectivity index (χ1n) is 14.0. The lowest BCUT2D eigenvalue weighted by Crippen LogP contribution is -2.48. The van der Waals surface area contributed by atoms with Gasteiger partial charge in [-0.15, -0.1) is 0 Å². The van der Waals surface area contributed by atoms with Crippen molar-refractivity contribution in [3.05, 3.63) is 76.1 Å². The van der Waals surface area contributed by atoms with Crippen molar-refractivity contribution in [2.45, 2.75) is 33.9 Å². The highest BCUT2D eigenvalue weighted by atomic mass is 16.7. The van der Waals surface area contributed by atoms with Gasteiger partial charge in [0.15, 0.2) is 11.5 Å². The van der Waals surface area contributed by atoms with Crippen molar-refractivity contribution < 1.29 is 19.0 Å². The Hall–Kier alpha value is -3.49. The van der Waals surface area contributed by atoms with E-state index in [1.807, 2.05) is 11.0 Å². The maximum absolute atomic E-state index is 14.1. The summed E-state index contributed by atoms with van der Waals surface area (Å²) in [5.41, 5.74) is 7.88. The summed E-state index contributed by atoms with van der Waals surface area (Å²) in [6.07, 6.45) is 0. The van der Waals surface area contributed by atoms with E-state index < -0.39 is 0 Å². The highest BCUT2D eigenvalue weighted by molar-refractivity contribution is 5.96. The van der Waals surface area contributed by atoms with Crippen molar-refractivity contribution >= 4 is 11.6 Å². The van der Waals surface area contributed by atoms with Crippen LogP contribution in [0.4, 0.5) is 5.69 Å². The number of amides is 1. The quantitative estimate of drug-likeness (QED) is 0.481. The Bertz CT molecular complexity index is 1340. The number of aromatic nitrogens is 1. The first-order valence-corrected chi connectivity index (χ1v) is 14.0. The van der Waals surface area contributed by atoms with Gasteiger partial charge in [0.2, 0.25) is 6.79 Å². The highest BCUT2D eigenvalue weighted by Crippen LogP contribution is 2.34. The average Bonchev–Trinajstić information content (AvgIpc) is 3.52. The highest BCUT2D eigenvalue weighted by Gasteiger charge is 2.31. The zero-order chi connectivity index (χ0) is 26.9. The third-order valence-corrected chi connectivity index (χ3v) is 8.22. The molecule has 2 aromatic carbocycles. The van der Waals surface area contributed by atoms with Crippen LogP contribution in [0, 0.1) is 20.8 Å². The van der Waals surface area contributed by atoms with Gasteiger partial charge < -0.3 is 28.6 Å². The summed E-state index contributed by atoms with van der Waals surface area (Å²) in [7, 11) is 0. The van der Waals surface area contributed by atoms with Crippen LogP contribution < -0.4 is 14.4 Å². The number of morpholine rings is 1. The van der Waals surface area contributed by atoms with Gasteiger partial charge in [-0.25, -0.2) is 0 Å². The van der Waals surface area contributed by atoms with Crippen LogP contribution >= 0.6 is 0 Å². The lowest BCUT2D eigenvalue weighted by atomic mass is 10.1. The van der Waals surface area contributed by atoms with Crippen LogP contribution in [0.3, 0.4) is 0 Å². The van der Waals surface area contributed by atoms with Gasteiger partial charge in [0.25, 0.3) is 5.91 Å². The van der Waals surface area contributed by atoms with E-state index in [1.54, 1.807) is 0 Å². The molecule has 8 nitrogen and oxygen atoms in total. The Morgan fingerprint density at radius 3 is 2.23 bits per heavy atom. The van der Waals surface area contributed by atoms with Crippen LogP contribution in [-0.4, -0.2) is 79.5 Å². The zero-order valence-corrected chi connectivity index (χ0v) is 23.2. The van der Waals surface area contributed by atoms with Gasteiger partial charge in [0.1, 0.15) is 5.69 Å². The van der Waals surface area contributed by atoms with Gasteiger partial charge in [0.05, 0.1) is 18.9 Å². The molecule has 3 aromatic rings. The van der Waals surface area contributed by atoms with Crippen molar-refractivity contribution in [3.63, 3.8) is 0 Å². The number of hydrogen-bond donors (Lipinski definition) is 0. The second-order valence-electron chi connectivity index (χ2n) is 10.8.